The fraction of sp³-hybridized carbons (Fsp3) is 0.100. The Kier molecular flexibility index (Phi) is 3.17. The highest BCUT2D eigenvalue weighted by atomic mass is 79.9. The summed E-state index contributed by atoms with van der Waals surface area (Å²) in [5.41, 5.74) is 0.360. The van der Waals surface area contributed by atoms with Crippen LogP contribution in [-0.2, 0) is 0 Å². The number of anilines is 1. The minimum Gasteiger partial charge on any atom is -0.373 e. The number of nitrogens with one attached hydrogen (secondary N) is 1. The molecule has 2 rings (SSSR count). The first-order valence-electron chi connectivity index (χ1n) is 4.44. The van der Waals surface area contributed by atoms with Crippen LogP contribution in [0.5, 0.6) is 0 Å². The van der Waals surface area contributed by atoms with E-state index in [-0.39, 0.29) is 0 Å². The summed E-state index contributed by atoms with van der Waals surface area (Å²) in [5, 5.41) is 13.7. The summed E-state index contributed by atoms with van der Waals surface area (Å²) in [5.74, 6) is 1.21. The van der Waals surface area contributed by atoms with Crippen molar-refractivity contribution in [1.82, 2.24) is 9.97 Å². The van der Waals surface area contributed by atoms with Crippen molar-refractivity contribution in [3.8, 4) is 16.8 Å². The van der Waals surface area contributed by atoms with Gasteiger partial charge in [-0.1, -0.05) is 0 Å². The maximum absolute atomic E-state index is 8.86. The van der Waals surface area contributed by atoms with Crippen molar-refractivity contribution in [3.05, 3.63) is 27.7 Å². The molecule has 0 saturated heterocycles. The zero-order valence-electron chi connectivity index (χ0n) is 8.36. The molecule has 80 valence electrons. The van der Waals surface area contributed by atoms with Gasteiger partial charge in [0, 0.05) is 23.0 Å². The van der Waals surface area contributed by atoms with E-state index in [2.05, 4.69) is 31.2 Å². The molecule has 1 N–H and O–H groups in total. The summed E-state index contributed by atoms with van der Waals surface area (Å²) < 4.78 is 0.990. The zero-order chi connectivity index (χ0) is 11.5. The van der Waals surface area contributed by atoms with Crippen LogP contribution in [-0.4, -0.2) is 17.0 Å². The molecule has 4 nitrogen and oxygen atoms in total. The molecule has 16 heavy (non-hydrogen) atoms. The van der Waals surface area contributed by atoms with Gasteiger partial charge in [0.1, 0.15) is 17.6 Å². The highest BCUT2D eigenvalue weighted by molar-refractivity contribution is 9.10. The molecule has 0 aliphatic rings. The first kappa shape index (κ1) is 11.0. The third kappa shape index (κ3) is 2.21. The second-order valence-corrected chi connectivity index (χ2v) is 4.78. The van der Waals surface area contributed by atoms with Gasteiger partial charge in [-0.2, -0.15) is 5.26 Å². The minimum absolute atomic E-state index is 0.360. The van der Waals surface area contributed by atoms with Crippen LogP contribution in [0, 0.1) is 11.3 Å². The van der Waals surface area contributed by atoms with Crippen LogP contribution in [0.2, 0.25) is 0 Å². The molecule has 2 aromatic heterocycles. The molecule has 0 spiro atoms. The van der Waals surface area contributed by atoms with E-state index in [0.717, 1.165) is 9.35 Å². The number of nitriles is 1. The SMILES string of the molecule is CNc1cc(C#N)nc(-c2cc(Br)cs2)n1. The molecule has 0 amide bonds. The topological polar surface area (TPSA) is 61.6 Å². The largest absolute Gasteiger partial charge is 0.373 e. The van der Waals surface area contributed by atoms with Crippen LogP contribution in [0.1, 0.15) is 5.69 Å². The maximum Gasteiger partial charge on any atom is 0.172 e. The van der Waals surface area contributed by atoms with Gasteiger partial charge in [-0.15, -0.1) is 11.3 Å². The lowest BCUT2D eigenvalue weighted by atomic mass is 10.3. The number of rotatable bonds is 2. The van der Waals surface area contributed by atoms with Gasteiger partial charge in [-0.3, -0.25) is 0 Å². The molecule has 0 saturated carbocycles. The normalized spacial score (nSPS) is 9.81. The van der Waals surface area contributed by atoms with E-state index < -0.39 is 0 Å². The Morgan fingerprint density at radius 2 is 2.25 bits per heavy atom. The predicted octanol–water partition coefficient (Wildman–Crippen LogP) is 2.88. The molecule has 0 aliphatic carbocycles. The van der Waals surface area contributed by atoms with Crippen molar-refractivity contribution in [2.45, 2.75) is 0 Å². The molecular formula is C10H7BrN4S. The van der Waals surface area contributed by atoms with Crippen molar-refractivity contribution >= 4 is 33.1 Å². The van der Waals surface area contributed by atoms with E-state index in [9.17, 15) is 0 Å². The molecule has 0 aromatic carbocycles. The van der Waals surface area contributed by atoms with E-state index in [1.807, 2.05) is 17.5 Å². The van der Waals surface area contributed by atoms with E-state index >= 15 is 0 Å². The van der Waals surface area contributed by atoms with E-state index in [0.29, 0.717) is 17.3 Å². The lowest BCUT2D eigenvalue weighted by Gasteiger charge is -2.01. The predicted molar refractivity (Wildman–Crippen MR) is 67.3 cm³/mol. The Hall–Kier alpha value is -1.45. The average molecular weight is 295 g/mol. The van der Waals surface area contributed by atoms with Gasteiger partial charge in [-0.25, -0.2) is 9.97 Å². The van der Waals surface area contributed by atoms with Gasteiger partial charge < -0.3 is 5.32 Å². The number of halogens is 1. The fourth-order valence-electron chi connectivity index (χ4n) is 1.17. The lowest BCUT2D eigenvalue weighted by Crippen LogP contribution is -1.98. The Labute approximate surface area is 105 Å². The third-order valence-corrected chi connectivity index (χ3v) is 3.57. The molecule has 0 unspecified atom stereocenters. The number of thiophene rings is 1. The summed E-state index contributed by atoms with van der Waals surface area (Å²) in [4.78, 5) is 9.39. The number of hydrogen-bond acceptors (Lipinski definition) is 5. The molecule has 0 radical (unpaired) electrons. The maximum atomic E-state index is 8.86. The monoisotopic (exact) mass is 294 g/mol. The highest BCUT2D eigenvalue weighted by Crippen LogP contribution is 2.28. The smallest absolute Gasteiger partial charge is 0.172 e. The summed E-state index contributed by atoms with van der Waals surface area (Å²) in [6.07, 6.45) is 0. The Bertz CT molecular complexity index is 558. The van der Waals surface area contributed by atoms with Crippen molar-refractivity contribution in [2.24, 2.45) is 0 Å². The minimum atomic E-state index is 0.360. The quantitative estimate of drug-likeness (QED) is 0.925. The van der Waals surface area contributed by atoms with Crippen LogP contribution >= 0.6 is 27.3 Å². The Morgan fingerprint density at radius 3 is 2.81 bits per heavy atom. The first-order valence-corrected chi connectivity index (χ1v) is 6.11. The standard InChI is InChI=1S/C10H7BrN4S/c1-13-9-3-7(4-12)14-10(15-9)8-2-6(11)5-16-8/h2-3,5H,1H3,(H,13,14,15). The van der Waals surface area contributed by atoms with Gasteiger partial charge in [0.15, 0.2) is 5.82 Å². The van der Waals surface area contributed by atoms with Crippen molar-refractivity contribution < 1.29 is 0 Å². The van der Waals surface area contributed by atoms with Crippen LogP contribution < -0.4 is 5.32 Å². The van der Waals surface area contributed by atoms with Crippen molar-refractivity contribution in [2.75, 3.05) is 12.4 Å². The van der Waals surface area contributed by atoms with E-state index in [1.54, 1.807) is 13.1 Å². The average Bonchev–Trinajstić information content (AvgIpc) is 2.75. The van der Waals surface area contributed by atoms with Gasteiger partial charge in [-0.05, 0) is 22.0 Å². The molecule has 0 fully saturated rings. The van der Waals surface area contributed by atoms with Crippen molar-refractivity contribution in [1.29, 1.82) is 5.26 Å². The molecule has 6 heteroatoms. The van der Waals surface area contributed by atoms with Crippen molar-refractivity contribution in [3.63, 3.8) is 0 Å². The van der Waals surface area contributed by atoms with Crippen LogP contribution in [0.25, 0.3) is 10.7 Å². The fourth-order valence-corrected chi connectivity index (χ4v) is 2.53. The van der Waals surface area contributed by atoms with Gasteiger partial charge in [0.2, 0.25) is 0 Å². The first-order chi connectivity index (χ1) is 7.72. The number of aromatic nitrogens is 2. The summed E-state index contributed by atoms with van der Waals surface area (Å²) in [7, 11) is 1.76. The van der Waals surface area contributed by atoms with Gasteiger partial charge in [0.05, 0.1) is 4.88 Å². The van der Waals surface area contributed by atoms with E-state index in [4.69, 9.17) is 5.26 Å². The second-order valence-electron chi connectivity index (χ2n) is 2.95. The van der Waals surface area contributed by atoms with Gasteiger partial charge in [0.25, 0.3) is 0 Å². The summed E-state index contributed by atoms with van der Waals surface area (Å²) in [6.45, 7) is 0. The van der Waals surface area contributed by atoms with E-state index in [1.165, 1.54) is 11.3 Å². The number of hydrogen-bond donors (Lipinski definition) is 1. The zero-order valence-corrected chi connectivity index (χ0v) is 10.8. The number of nitrogens with zero attached hydrogens (tertiary/aromatic N) is 3. The Balaban J connectivity index is 2.52. The molecule has 0 aliphatic heterocycles. The molecule has 0 atom stereocenters. The molecule has 2 heterocycles. The lowest BCUT2D eigenvalue weighted by molar-refractivity contribution is 1.15. The Morgan fingerprint density at radius 1 is 1.44 bits per heavy atom. The molecule has 0 bridgehead atoms. The molecule has 2 aromatic rings. The second kappa shape index (κ2) is 4.60. The van der Waals surface area contributed by atoms with Gasteiger partial charge >= 0.3 is 0 Å². The highest BCUT2D eigenvalue weighted by Gasteiger charge is 2.08. The third-order valence-electron chi connectivity index (χ3n) is 1.88. The molecular weight excluding hydrogens is 288 g/mol. The summed E-state index contributed by atoms with van der Waals surface area (Å²) >= 11 is 4.91. The van der Waals surface area contributed by atoms with Crippen LogP contribution in [0.15, 0.2) is 22.0 Å². The van der Waals surface area contributed by atoms with Crippen LogP contribution in [0.4, 0.5) is 5.82 Å². The summed E-state index contributed by atoms with van der Waals surface area (Å²) in [6, 6.07) is 5.57. The van der Waals surface area contributed by atoms with Crippen LogP contribution in [0.3, 0.4) is 0 Å².